The minimum Gasteiger partial charge on any atom is -0.468 e. The maximum Gasteiger partial charge on any atom is 0.317 e. The largest absolute Gasteiger partial charge is 0.468 e. The molecule has 4 rings (SSSR count). The molecule has 3 aromatic carbocycles. The van der Waals surface area contributed by atoms with Crippen LogP contribution in [0.3, 0.4) is 0 Å². The van der Waals surface area contributed by atoms with Crippen molar-refractivity contribution in [2.75, 3.05) is 12.1 Å². The summed E-state index contributed by atoms with van der Waals surface area (Å²) in [6, 6.07) is 25.3. The number of hydrogen-bond donors (Lipinski definition) is 0. The van der Waals surface area contributed by atoms with E-state index in [9.17, 15) is 4.79 Å². The second-order valence-electron chi connectivity index (χ2n) is 6.65. The maximum absolute atomic E-state index is 12.9. The molecule has 6 heteroatoms. The molecule has 0 spiro atoms. The summed E-state index contributed by atoms with van der Waals surface area (Å²) >= 11 is 7.15. The van der Waals surface area contributed by atoms with Gasteiger partial charge in [-0.05, 0) is 45.3 Å². The average Bonchev–Trinajstić information content (AvgIpc) is 3.14. The minimum absolute atomic E-state index is 0.308. The van der Waals surface area contributed by atoms with Gasteiger partial charge < -0.3 is 4.74 Å². The molecule has 2 atom stereocenters. The summed E-state index contributed by atoms with van der Waals surface area (Å²) in [5.74, 6) is -0.863. The van der Waals surface area contributed by atoms with Gasteiger partial charge in [0.2, 0.25) is 0 Å². The molecule has 3 aromatic rings. The molecule has 1 aliphatic rings. The lowest BCUT2D eigenvalue weighted by Crippen LogP contribution is -2.32. The number of ether oxygens (including phenoxy) is 1. The third-order valence-corrected chi connectivity index (χ3v) is 6.04. The predicted molar refractivity (Wildman–Crippen MR) is 122 cm³/mol. The van der Waals surface area contributed by atoms with Crippen molar-refractivity contribution in [2.45, 2.75) is 6.04 Å². The predicted octanol–water partition coefficient (Wildman–Crippen LogP) is 5.97. The lowest BCUT2D eigenvalue weighted by molar-refractivity contribution is -0.143. The number of benzene rings is 3. The van der Waals surface area contributed by atoms with E-state index in [-0.39, 0.29) is 12.0 Å². The third kappa shape index (κ3) is 3.87. The van der Waals surface area contributed by atoms with E-state index in [1.807, 2.05) is 83.9 Å². The number of carbonyl (C=O) groups excluding carboxylic acids is 1. The Balaban J connectivity index is 1.92. The Morgan fingerprint density at radius 3 is 2.24 bits per heavy atom. The van der Waals surface area contributed by atoms with Crippen LogP contribution in [0.4, 0.5) is 5.69 Å². The van der Waals surface area contributed by atoms with Gasteiger partial charge in [-0.25, -0.2) is 0 Å². The number of anilines is 1. The van der Waals surface area contributed by atoms with Crippen LogP contribution in [-0.2, 0) is 9.53 Å². The SMILES string of the molecule is COC(=O)[C@H]1C(c2ccccc2)=NN(c2ccc(Br)cc2Br)[C@@H]1c1ccccc1. The number of nitrogens with zero attached hydrogens (tertiary/aromatic N) is 2. The van der Waals surface area contributed by atoms with Gasteiger partial charge in [0.1, 0.15) is 5.92 Å². The number of hydrazone groups is 1. The van der Waals surface area contributed by atoms with Crippen LogP contribution < -0.4 is 5.01 Å². The van der Waals surface area contributed by atoms with Crippen LogP contribution in [0, 0.1) is 5.92 Å². The molecule has 0 N–H and O–H groups in total. The highest BCUT2D eigenvalue weighted by molar-refractivity contribution is 9.11. The van der Waals surface area contributed by atoms with Crippen molar-refractivity contribution in [3.63, 3.8) is 0 Å². The second-order valence-corrected chi connectivity index (χ2v) is 8.42. The summed E-state index contributed by atoms with van der Waals surface area (Å²) in [5.41, 5.74) is 3.47. The van der Waals surface area contributed by atoms with Gasteiger partial charge in [-0.15, -0.1) is 0 Å². The zero-order chi connectivity index (χ0) is 20.4. The molecule has 1 aliphatic heterocycles. The van der Waals surface area contributed by atoms with Gasteiger partial charge >= 0.3 is 5.97 Å². The summed E-state index contributed by atoms with van der Waals surface area (Å²) in [7, 11) is 1.42. The lowest BCUT2D eigenvalue weighted by Gasteiger charge is -2.28. The van der Waals surface area contributed by atoms with E-state index in [0.29, 0.717) is 5.71 Å². The Hall–Kier alpha value is -2.44. The van der Waals surface area contributed by atoms with Crippen molar-refractivity contribution >= 4 is 49.2 Å². The zero-order valence-corrected chi connectivity index (χ0v) is 18.8. The Morgan fingerprint density at radius 2 is 1.62 bits per heavy atom. The molecule has 0 fully saturated rings. The third-order valence-electron chi connectivity index (χ3n) is 4.91. The molecule has 0 radical (unpaired) electrons. The number of rotatable bonds is 4. The van der Waals surface area contributed by atoms with Gasteiger partial charge in [0.05, 0.1) is 24.6 Å². The maximum atomic E-state index is 12.9. The van der Waals surface area contributed by atoms with Crippen LogP contribution in [0.15, 0.2) is 92.9 Å². The Bertz CT molecular complexity index is 1050. The highest BCUT2D eigenvalue weighted by atomic mass is 79.9. The van der Waals surface area contributed by atoms with E-state index >= 15 is 0 Å². The van der Waals surface area contributed by atoms with E-state index in [2.05, 4.69) is 31.9 Å². The van der Waals surface area contributed by atoms with Gasteiger partial charge in [0.15, 0.2) is 0 Å². The highest BCUT2D eigenvalue weighted by Crippen LogP contribution is 2.44. The molecule has 146 valence electrons. The van der Waals surface area contributed by atoms with Crippen molar-refractivity contribution in [2.24, 2.45) is 11.0 Å². The fraction of sp³-hybridized carbons (Fsp3) is 0.130. The molecule has 0 saturated heterocycles. The van der Waals surface area contributed by atoms with Gasteiger partial charge in [0, 0.05) is 8.95 Å². The van der Waals surface area contributed by atoms with E-state index in [4.69, 9.17) is 9.84 Å². The number of esters is 1. The first-order valence-electron chi connectivity index (χ1n) is 9.11. The normalized spacial score (nSPS) is 18.4. The lowest BCUT2D eigenvalue weighted by atomic mass is 9.87. The van der Waals surface area contributed by atoms with E-state index in [0.717, 1.165) is 25.8 Å². The standard InChI is InChI=1S/C23H18Br2N2O2/c1-29-23(28)20-21(15-8-4-2-5-9-15)26-27(19-13-12-17(24)14-18(19)25)22(20)16-10-6-3-7-11-16/h2-14,20,22H,1H3/t20-,22+/m0/s1. The molecule has 0 saturated carbocycles. The van der Waals surface area contributed by atoms with Crippen LogP contribution in [0.1, 0.15) is 17.2 Å². The van der Waals surface area contributed by atoms with Crippen LogP contribution >= 0.6 is 31.9 Å². The molecule has 0 amide bonds. The number of halogens is 2. The van der Waals surface area contributed by atoms with Gasteiger partial charge in [-0.1, -0.05) is 76.6 Å². The first-order valence-corrected chi connectivity index (χ1v) is 10.7. The molecule has 0 bridgehead atoms. The topological polar surface area (TPSA) is 41.9 Å². The number of hydrogen-bond acceptors (Lipinski definition) is 4. The van der Waals surface area contributed by atoms with Crippen molar-refractivity contribution in [3.05, 3.63) is 98.9 Å². The molecular formula is C23H18Br2N2O2. The quantitative estimate of drug-likeness (QED) is 0.404. The monoisotopic (exact) mass is 512 g/mol. The Morgan fingerprint density at radius 1 is 0.966 bits per heavy atom. The summed E-state index contributed by atoms with van der Waals surface area (Å²) in [6.07, 6.45) is 0. The van der Waals surface area contributed by atoms with Crippen molar-refractivity contribution in [1.82, 2.24) is 0 Å². The van der Waals surface area contributed by atoms with E-state index in [1.165, 1.54) is 7.11 Å². The molecule has 0 aliphatic carbocycles. The fourth-order valence-corrected chi connectivity index (χ4v) is 4.83. The van der Waals surface area contributed by atoms with Crippen LogP contribution in [0.5, 0.6) is 0 Å². The highest BCUT2D eigenvalue weighted by Gasteiger charge is 2.45. The van der Waals surface area contributed by atoms with Crippen LogP contribution in [0.2, 0.25) is 0 Å². The van der Waals surface area contributed by atoms with Crippen LogP contribution in [0.25, 0.3) is 0 Å². The van der Waals surface area contributed by atoms with Gasteiger partial charge in [-0.2, -0.15) is 5.10 Å². The number of carbonyl (C=O) groups is 1. The molecule has 29 heavy (non-hydrogen) atoms. The molecule has 0 aromatic heterocycles. The molecule has 0 unspecified atom stereocenters. The number of methoxy groups -OCH3 is 1. The average molecular weight is 514 g/mol. The van der Waals surface area contributed by atoms with Crippen molar-refractivity contribution in [3.8, 4) is 0 Å². The van der Waals surface area contributed by atoms with Gasteiger partial charge in [0.25, 0.3) is 0 Å². The van der Waals surface area contributed by atoms with E-state index in [1.54, 1.807) is 0 Å². The Kier molecular flexibility index (Phi) is 5.83. The van der Waals surface area contributed by atoms with Crippen LogP contribution in [-0.4, -0.2) is 18.8 Å². The molecule has 1 heterocycles. The summed E-state index contributed by atoms with van der Waals surface area (Å²) in [6.45, 7) is 0. The summed E-state index contributed by atoms with van der Waals surface area (Å²) in [5, 5.41) is 6.84. The van der Waals surface area contributed by atoms with E-state index < -0.39 is 5.92 Å². The fourth-order valence-electron chi connectivity index (χ4n) is 3.60. The zero-order valence-electron chi connectivity index (χ0n) is 15.6. The smallest absolute Gasteiger partial charge is 0.317 e. The molecule has 4 nitrogen and oxygen atoms in total. The summed E-state index contributed by atoms with van der Waals surface area (Å²) in [4.78, 5) is 12.9. The summed E-state index contributed by atoms with van der Waals surface area (Å²) < 4.78 is 7.05. The first kappa shape index (κ1) is 19.9. The van der Waals surface area contributed by atoms with Crippen molar-refractivity contribution in [1.29, 1.82) is 0 Å². The van der Waals surface area contributed by atoms with Gasteiger partial charge in [-0.3, -0.25) is 9.80 Å². The Labute approximate surface area is 186 Å². The molecular weight excluding hydrogens is 496 g/mol. The minimum atomic E-state index is -0.555. The second kappa shape index (κ2) is 8.51. The van der Waals surface area contributed by atoms with Crippen molar-refractivity contribution < 1.29 is 9.53 Å². The first-order chi connectivity index (χ1) is 14.1.